The Labute approximate surface area is 150 Å². The molecular weight excluding hydrogens is 312 g/mol. The van der Waals surface area contributed by atoms with Crippen LogP contribution in [0.25, 0.3) is 5.65 Å². The lowest BCUT2D eigenvalue weighted by molar-refractivity contribution is -0.137. The molecule has 136 valence electrons. The van der Waals surface area contributed by atoms with Gasteiger partial charge in [0.15, 0.2) is 0 Å². The molecule has 1 atom stereocenters. The van der Waals surface area contributed by atoms with Crippen molar-refractivity contribution in [3.05, 3.63) is 36.3 Å². The molecule has 0 aromatic carbocycles. The lowest BCUT2D eigenvalue weighted by Gasteiger charge is -2.36. The first kappa shape index (κ1) is 17.9. The summed E-state index contributed by atoms with van der Waals surface area (Å²) in [5, 5.41) is 0. The van der Waals surface area contributed by atoms with E-state index >= 15 is 0 Å². The Balaban J connectivity index is 1.51. The SMILES string of the molecule is CCCCC(CC)C(=O)N1CCN(Cc2cn3ccccc3n2)CC1. The Morgan fingerprint density at radius 3 is 2.68 bits per heavy atom. The third-order valence-electron chi connectivity index (χ3n) is 5.23. The molecule has 0 bridgehead atoms. The van der Waals surface area contributed by atoms with Gasteiger partial charge in [-0.2, -0.15) is 0 Å². The van der Waals surface area contributed by atoms with Crippen molar-refractivity contribution < 1.29 is 4.79 Å². The summed E-state index contributed by atoms with van der Waals surface area (Å²) in [4.78, 5) is 21.9. The fourth-order valence-electron chi connectivity index (χ4n) is 3.63. The van der Waals surface area contributed by atoms with Gasteiger partial charge in [0, 0.05) is 51.0 Å². The predicted octanol–water partition coefficient (Wildman–Crippen LogP) is 3.19. The van der Waals surface area contributed by atoms with Crippen LogP contribution in [0.5, 0.6) is 0 Å². The van der Waals surface area contributed by atoms with Gasteiger partial charge in [-0.3, -0.25) is 9.69 Å². The summed E-state index contributed by atoms with van der Waals surface area (Å²) >= 11 is 0. The summed E-state index contributed by atoms with van der Waals surface area (Å²) in [5.41, 5.74) is 2.09. The number of amides is 1. The van der Waals surface area contributed by atoms with E-state index in [1.807, 2.05) is 24.4 Å². The van der Waals surface area contributed by atoms with Crippen LogP contribution in [0, 0.1) is 5.92 Å². The van der Waals surface area contributed by atoms with Crippen LogP contribution in [0.2, 0.25) is 0 Å². The van der Waals surface area contributed by atoms with Crippen LogP contribution in [-0.2, 0) is 11.3 Å². The fourth-order valence-corrected chi connectivity index (χ4v) is 3.63. The second-order valence-corrected chi connectivity index (χ2v) is 7.05. The minimum atomic E-state index is 0.213. The molecule has 1 saturated heterocycles. The molecule has 1 aliphatic rings. The van der Waals surface area contributed by atoms with Crippen molar-refractivity contribution in [2.75, 3.05) is 26.2 Å². The standard InChI is InChI=1S/C20H30N4O/c1-3-5-8-17(4-2)20(25)23-13-11-22(12-14-23)15-18-16-24-10-7-6-9-19(24)21-18/h6-7,9-10,16-17H,3-5,8,11-15H2,1-2H3. The number of imidazole rings is 1. The van der Waals surface area contributed by atoms with Gasteiger partial charge in [-0.1, -0.05) is 32.8 Å². The number of pyridine rings is 1. The van der Waals surface area contributed by atoms with Gasteiger partial charge in [-0.15, -0.1) is 0 Å². The van der Waals surface area contributed by atoms with E-state index in [1.54, 1.807) is 0 Å². The Morgan fingerprint density at radius 1 is 1.20 bits per heavy atom. The van der Waals surface area contributed by atoms with E-state index < -0.39 is 0 Å². The van der Waals surface area contributed by atoms with E-state index in [4.69, 9.17) is 0 Å². The Morgan fingerprint density at radius 2 is 2.00 bits per heavy atom. The first-order chi connectivity index (χ1) is 12.2. The van der Waals surface area contributed by atoms with E-state index in [1.165, 1.54) is 0 Å². The van der Waals surface area contributed by atoms with Gasteiger partial charge < -0.3 is 9.30 Å². The number of rotatable bonds is 7. The van der Waals surface area contributed by atoms with Crippen molar-refractivity contribution in [2.24, 2.45) is 5.92 Å². The molecule has 1 unspecified atom stereocenters. The maximum atomic E-state index is 12.7. The Bertz CT molecular complexity index is 655. The zero-order chi connectivity index (χ0) is 17.6. The average Bonchev–Trinajstić information content (AvgIpc) is 3.05. The van der Waals surface area contributed by atoms with Gasteiger partial charge in [0.1, 0.15) is 5.65 Å². The molecule has 0 aliphatic carbocycles. The number of carbonyl (C=O) groups excluding carboxylic acids is 1. The monoisotopic (exact) mass is 342 g/mol. The molecule has 0 spiro atoms. The van der Waals surface area contributed by atoms with Crippen molar-refractivity contribution in [2.45, 2.75) is 46.1 Å². The fraction of sp³-hybridized carbons (Fsp3) is 0.600. The van der Waals surface area contributed by atoms with Crippen LogP contribution in [0.3, 0.4) is 0 Å². The summed E-state index contributed by atoms with van der Waals surface area (Å²) in [5.74, 6) is 0.577. The summed E-state index contributed by atoms with van der Waals surface area (Å²) < 4.78 is 2.06. The van der Waals surface area contributed by atoms with Crippen molar-refractivity contribution >= 4 is 11.6 Å². The molecule has 3 heterocycles. The quantitative estimate of drug-likeness (QED) is 0.776. The molecule has 1 fully saturated rings. The number of aromatic nitrogens is 2. The van der Waals surface area contributed by atoms with E-state index in [-0.39, 0.29) is 5.92 Å². The lowest BCUT2D eigenvalue weighted by atomic mass is 9.97. The summed E-state index contributed by atoms with van der Waals surface area (Å²) in [7, 11) is 0. The Hall–Kier alpha value is -1.88. The minimum Gasteiger partial charge on any atom is -0.340 e. The van der Waals surface area contributed by atoms with Crippen molar-refractivity contribution in [1.29, 1.82) is 0 Å². The second-order valence-electron chi connectivity index (χ2n) is 7.05. The van der Waals surface area contributed by atoms with Crippen LogP contribution < -0.4 is 0 Å². The van der Waals surface area contributed by atoms with Gasteiger partial charge in [0.2, 0.25) is 5.91 Å². The largest absolute Gasteiger partial charge is 0.340 e. The molecule has 25 heavy (non-hydrogen) atoms. The molecule has 0 saturated carbocycles. The van der Waals surface area contributed by atoms with E-state index in [0.717, 1.165) is 69.7 Å². The first-order valence-corrected chi connectivity index (χ1v) is 9.65. The van der Waals surface area contributed by atoms with Gasteiger partial charge >= 0.3 is 0 Å². The highest BCUT2D eigenvalue weighted by molar-refractivity contribution is 5.78. The number of unbranched alkanes of at least 4 members (excludes halogenated alkanes) is 1. The van der Waals surface area contributed by atoms with Gasteiger partial charge in [-0.05, 0) is 25.0 Å². The number of piperazine rings is 1. The molecule has 1 amide bonds. The zero-order valence-corrected chi connectivity index (χ0v) is 15.5. The summed E-state index contributed by atoms with van der Waals surface area (Å²) in [6.45, 7) is 8.74. The van der Waals surface area contributed by atoms with Crippen LogP contribution in [-0.4, -0.2) is 51.3 Å². The third-order valence-corrected chi connectivity index (χ3v) is 5.23. The number of hydrogen-bond acceptors (Lipinski definition) is 3. The zero-order valence-electron chi connectivity index (χ0n) is 15.5. The number of fused-ring (bicyclic) bond motifs is 1. The normalized spacial score (nSPS) is 17.1. The minimum absolute atomic E-state index is 0.213. The molecule has 2 aromatic rings. The third kappa shape index (κ3) is 4.40. The van der Waals surface area contributed by atoms with Crippen LogP contribution in [0.1, 0.15) is 45.2 Å². The smallest absolute Gasteiger partial charge is 0.225 e. The molecule has 1 aliphatic heterocycles. The van der Waals surface area contributed by atoms with Gasteiger partial charge in [0.05, 0.1) is 5.69 Å². The van der Waals surface area contributed by atoms with Crippen LogP contribution >= 0.6 is 0 Å². The molecule has 5 heteroatoms. The highest BCUT2D eigenvalue weighted by Gasteiger charge is 2.26. The molecular formula is C20H30N4O. The highest BCUT2D eigenvalue weighted by atomic mass is 16.2. The van der Waals surface area contributed by atoms with Crippen LogP contribution in [0.4, 0.5) is 0 Å². The molecule has 3 rings (SSSR count). The topological polar surface area (TPSA) is 40.9 Å². The highest BCUT2D eigenvalue weighted by Crippen LogP contribution is 2.18. The first-order valence-electron chi connectivity index (χ1n) is 9.65. The number of carbonyl (C=O) groups is 1. The van der Waals surface area contributed by atoms with E-state index in [9.17, 15) is 4.79 Å². The average molecular weight is 342 g/mol. The molecule has 5 nitrogen and oxygen atoms in total. The predicted molar refractivity (Wildman–Crippen MR) is 100 cm³/mol. The maximum Gasteiger partial charge on any atom is 0.225 e. The number of hydrogen-bond donors (Lipinski definition) is 0. The molecule has 0 radical (unpaired) electrons. The Kier molecular flexibility index (Phi) is 6.08. The van der Waals surface area contributed by atoms with E-state index in [2.05, 4.69) is 39.2 Å². The van der Waals surface area contributed by atoms with Crippen molar-refractivity contribution in [3.63, 3.8) is 0 Å². The van der Waals surface area contributed by atoms with Gasteiger partial charge in [-0.25, -0.2) is 4.98 Å². The maximum absolute atomic E-state index is 12.7. The second kappa shape index (κ2) is 8.48. The summed E-state index contributed by atoms with van der Waals surface area (Å²) in [6, 6.07) is 6.06. The molecule has 2 aromatic heterocycles. The summed E-state index contributed by atoms with van der Waals surface area (Å²) in [6.07, 6.45) is 8.44. The van der Waals surface area contributed by atoms with E-state index in [0.29, 0.717) is 5.91 Å². The lowest BCUT2D eigenvalue weighted by Crippen LogP contribution is -2.50. The van der Waals surface area contributed by atoms with Crippen LogP contribution in [0.15, 0.2) is 30.6 Å². The number of nitrogens with zero attached hydrogens (tertiary/aromatic N) is 4. The molecule has 0 N–H and O–H groups in total. The van der Waals surface area contributed by atoms with Gasteiger partial charge in [0.25, 0.3) is 0 Å². The van der Waals surface area contributed by atoms with Crippen molar-refractivity contribution in [1.82, 2.24) is 19.2 Å². The van der Waals surface area contributed by atoms with Crippen molar-refractivity contribution in [3.8, 4) is 0 Å².